The highest BCUT2D eigenvalue weighted by Crippen LogP contribution is 2.30. The maximum absolute atomic E-state index is 12.1. The smallest absolute Gasteiger partial charge is 0.439 e. The number of primary amides is 1. The van der Waals surface area contributed by atoms with Crippen LogP contribution < -0.4 is 21.2 Å². The van der Waals surface area contributed by atoms with Gasteiger partial charge in [0.25, 0.3) is 0 Å². The number of carbonyl (C=O) groups is 3. The summed E-state index contributed by atoms with van der Waals surface area (Å²) in [6.07, 6.45) is 8.77. The highest BCUT2D eigenvalue weighted by atomic mass is 32.2. The summed E-state index contributed by atoms with van der Waals surface area (Å²) >= 11 is 0. The Morgan fingerprint density at radius 3 is 2.59 bits per heavy atom. The van der Waals surface area contributed by atoms with E-state index in [2.05, 4.69) is 20.2 Å². The third-order valence-electron chi connectivity index (χ3n) is 5.57. The Bertz CT molecular complexity index is 1420. The van der Waals surface area contributed by atoms with Gasteiger partial charge in [-0.05, 0) is 78.5 Å². The lowest BCUT2D eigenvalue weighted by Gasteiger charge is -2.19. The second-order valence-corrected chi connectivity index (χ2v) is 12.3. The zero-order valence-corrected chi connectivity index (χ0v) is 27.5. The van der Waals surface area contributed by atoms with Gasteiger partial charge in [-0.15, -0.1) is 0 Å². The molecule has 0 saturated carbocycles. The van der Waals surface area contributed by atoms with E-state index < -0.39 is 34.4 Å². The number of fused-ring (bicyclic) bond motifs is 1. The molecule has 0 aliphatic carbocycles. The minimum Gasteiger partial charge on any atom is -0.491 e. The molecule has 3 amide bonds. The first-order chi connectivity index (χ1) is 20.8. The first-order valence-corrected chi connectivity index (χ1v) is 16.2. The molecule has 2 rings (SSSR count). The normalized spacial score (nSPS) is 13.0. The van der Waals surface area contributed by atoms with E-state index in [-0.39, 0.29) is 18.7 Å². The lowest BCUT2D eigenvalue weighted by Crippen LogP contribution is -2.32. The van der Waals surface area contributed by atoms with E-state index in [4.69, 9.17) is 24.9 Å². The number of aromatic nitrogens is 2. The van der Waals surface area contributed by atoms with E-state index in [0.717, 1.165) is 5.71 Å². The Morgan fingerprint density at radius 2 is 1.93 bits per heavy atom. The number of rotatable bonds is 15. The second-order valence-electron chi connectivity index (χ2n) is 10.5. The summed E-state index contributed by atoms with van der Waals surface area (Å²) in [5.74, 6) is 1.07. The summed E-state index contributed by atoms with van der Waals surface area (Å²) < 4.78 is 22.3. The molecule has 4 N–H and O–H groups in total. The van der Waals surface area contributed by atoms with Gasteiger partial charge in [-0.3, -0.25) is 4.79 Å². The number of hydrazone groups is 1. The van der Waals surface area contributed by atoms with Crippen LogP contribution >= 0.6 is 0 Å². The third kappa shape index (κ3) is 12.6. The number of carbonyl (C=O) groups excluding carboxylic acids is 3. The SMILES string of the molecule is CCN/N=C(C)\C=C\c1nc2cc(C(N)=O)cc(OCCCS(C)=NC(=O)OCC)c2n1C/C=C/CNC(=O)OC(C)(C)C. The number of alkyl carbamates (subject to hydrolysis) is 1. The molecule has 44 heavy (non-hydrogen) atoms. The quantitative estimate of drug-likeness (QED) is 0.111. The summed E-state index contributed by atoms with van der Waals surface area (Å²) in [6.45, 7) is 12.9. The fourth-order valence-corrected chi connectivity index (χ4v) is 4.67. The summed E-state index contributed by atoms with van der Waals surface area (Å²) in [7, 11) is -0.519. The van der Waals surface area contributed by atoms with Gasteiger partial charge in [-0.25, -0.2) is 14.6 Å². The average Bonchev–Trinajstić information content (AvgIpc) is 3.29. The van der Waals surface area contributed by atoms with Crippen LogP contribution in [0.4, 0.5) is 9.59 Å². The zero-order chi connectivity index (χ0) is 32.7. The number of benzene rings is 1. The molecule has 1 unspecified atom stereocenters. The molecular weight excluding hydrogens is 586 g/mol. The van der Waals surface area contributed by atoms with Crippen LogP contribution in [0.5, 0.6) is 5.75 Å². The molecule has 13 nitrogen and oxygen atoms in total. The van der Waals surface area contributed by atoms with Gasteiger partial charge in [0, 0.05) is 31.0 Å². The Morgan fingerprint density at radius 1 is 1.18 bits per heavy atom. The minimum atomic E-state index is -0.603. The van der Waals surface area contributed by atoms with Crippen LogP contribution in [0, 0.1) is 0 Å². The topological polar surface area (TPSA) is 172 Å². The second kappa shape index (κ2) is 17.8. The number of nitrogens with zero attached hydrogens (tertiary/aromatic N) is 4. The summed E-state index contributed by atoms with van der Waals surface area (Å²) in [4.78, 5) is 40.6. The minimum absolute atomic E-state index is 0.266. The third-order valence-corrected chi connectivity index (χ3v) is 6.91. The van der Waals surface area contributed by atoms with Gasteiger partial charge in [0.05, 0.1) is 24.4 Å². The van der Waals surface area contributed by atoms with Gasteiger partial charge in [0.1, 0.15) is 22.7 Å². The van der Waals surface area contributed by atoms with E-state index in [0.29, 0.717) is 54.5 Å². The van der Waals surface area contributed by atoms with Gasteiger partial charge in [0.2, 0.25) is 5.91 Å². The Kier molecular flexibility index (Phi) is 14.6. The van der Waals surface area contributed by atoms with Crippen molar-refractivity contribution in [1.29, 1.82) is 0 Å². The van der Waals surface area contributed by atoms with Crippen molar-refractivity contribution >= 4 is 51.6 Å². The van der Waals surface area contributed by atoms with Gasteiger partial charge in [0.15, 0.2) is 0 Å². The Balaban J connectivity index is 2.38. The standard InChI is InChI=1S/C30H45N7O6S/c1-8-33-35-21(3)13-14-25-34-23-19-22(27(31)38)20-24(42-17-12-18-44(7)36-29(40)41-9-2)26(23)37(25)16-11-10-15-32-28(39)43-30(4,5)6/h10-11,13-14,19-20,33H,8-9,12,15-18H2,1-7H3,(H2,31,38)(H,32,39)/b11-10+,14-13+,35-21-. The molecule has 1 aromatic carbocycles. The highest BCUT2D eigenvalue weighted by Gasteiger charge is 2.18. The number of allylic oxidation sites excluding steroid dienone is 2. The Hall–Kier alpha value is -4.20. The van der Waals surface area contributed by atoms with E-state index in [1.807, 2.05) is 49.0 Å². The van der Waals surface area contributed by atoms with Crippen molar-refractivity contribution < 1.29 is 28.6 Å². The first kappa shape index (κ1) is 36.0. The predicted molar refractivity (Wildman–Crippen MR) is 175 cm³/mol. The summed E-state index contributed by atoms with van der Waals surface area (Å²) in [6, 6.07) is 3.24. The first-order valence-electron chi connectivity index (χ1n) is 14.4. The van der Waals surface area contributed by atoms with E-state index in [1.165, 1.54) is 0 Å². The van der Waals surface area contributed by atoms with Gasteiger partial charge in [-0.2, -0.15) is 9.46 Å². The molecule has 0 saturated heterocycles. The van der Waals surface area contributed by atoms with Crippen LogP contribution in [-0.2, 0) is 26.7 Å². The van der Waals surface area contributed by atoms with Crippen LogP contribution in [0.3, 0.4) is 0 Å². The number of hydrogen-bond donors (Lipinski definition) is 3. The lowest BCUT2D eigenvalue weighted by atomic mass is 10.1. The molecular formula is C30H45N7O6S. The molecule has 0 bridgehead atoms. The zero-order valence-electron chi connectivity index (χ0n) is 26.6. The molecule has 0 spiro atoms. The average molecular weight is 632 g/mol. The summed E-state index contributed by atoms with van der Waals surface area (Å²) in [5.41, 5.74) is 10.2. The van der Waals surface area contributed by atoms with E-state index in [1.54, 1.807) is 39.8 Å². The number of hydrogen-bond acceptors (Lipinski definition) is 9. The van der Waals surface area contributed by atoms with E-state index in [9.17, 15) is 14.4 Å². The molecule has 242 valence electrons. The summed E-state index contributed by atoms with van der Waals surface area (Å²) in [5, 5.41) is 6.97. The van der Waals surface area contributed by atoms with Crippen LogP contribution in [0.15, 0.2) is 39.8 Å². The van der Waals surface area contributed by atoms with Gasteiger partial charge in [-0.1, -0.05) is 22.8 Å². The molecule has 0 aliphatic rings. The van der Waals surface area contributed by atoms with Crippen LogP contribution in [0.2, 0.25) is 0 Å². The van der Waals surface area contributed by atoms with Crippen molar-refractivity contribution in [2.75, 3.05) is 38.3 Å². The number of nitrogens with two attached hydrogens (primary N) is 1. The molecule has 1 heterocycles. The fraction of sp³-hybridized carbons (Fsp3) is 0.500. The van der Waals surface area contributed by atoms with Crippen LogP contribution in [0.25, 0.3) is 17.1 Å². The van der Waals surface area contributed by atoms with Crippen molar-refractivity contribution in [3.8, 4) is 5.75 Å². The van der Waals surface area contributed by atoms with E-state index >= 15 is 0 Å². The van der Waals surface area contributed by atoms with Crippen molar-refractivity contribution in [3.05, 3.63) is 41.7 Å². The van der Waals surface area contributed by atoms with Crippen molar-refractivity contribution in [2.24, 2.45) is 15.2 Å². The molecule has 2 aromatic rings. The van der Waals surface area contributed by atoms with Crippen LogP contribution in [-0.4, -0.2) is 77.3 Å². The lowest BCUT2D eigenvalue weighted by molar-refractivity contribution is 0.0533. The predicted octanol–water partition coefficient (Wildman–Crippen LogP) is 4.57. The fourth-order valence-electron chi connectivity index (χ4n) is 3.74. The number of ether oxygens (including phenoxy) is 3. The molecule has 0 radical (unpaired) electrons. The monoisotopic (exact) mass is 631 g/mol. The molecule has 0 fully saturated rings. The maximum atomic E-state index is 12.1. The molecule has 1 atom stereocenters. The number of amides is 3. The number of nitrogens with one attached hydrogen (secondary N) is 2. The van der Waals surface area contributed by atoms with Gasteiger partial charge >= 0.3 is 12.2 Å². The molecule has 1 aromatic heterocycles. The van der Waals surface area contributed by atoms with Crippen molar-refractivity contribution in [1.82, 2.24) is 20.3 Å². The molecule has 0 aliphatic heterocycles. The van der Waals surface area contributed by atoms with Crippen LogP contribution in [0.1, 0.15) is 64.1 Å². The molecule has 14 heteroatoms. The number of imidazole rings is 1. The Labute approximate surface area is 261 Å². The van der Waals surface area contributed by atoms with Crippen molar-refractivity contribution in [3.63, 3.8) is 0 Å². The largest absolute Gasteiger partial charge is 0.491 e. The highest BCUT2D eigenvalue weighted by molar-refractivity contribution is 7.86. The van der Waals surface area contributed by atoms with Gasteiger partial charge < -0.3 is 35.3 Å². The van der Waals surface area contributed by atoms with Crippen molar-refractivity contribution in [2.45, 2.75) is 60.1 Å². The maximum Gasteiger partial charge on any atom is 0.439 e.